The molecule has 5 rings (SSSR count). The zero-order valence-electron chi connectivity index (χ0n) is 22.5. The highest BCUT2D eigenvalue weighted by molar-refractivity contribution is 5.79. The topological polar surface area (TPSA) is 74.8 Å². The monoisotopic (exact) mass is 526 g/mol. The van der Waals surface area contributed by atoms with Crippen molar-refractivity contribution in [3.8, 4) is 5.75 Å². The molecule has 7 nitrogen and oxygen atoms in total. The summed E-state index contributed by atoms with van der Waals surface area (Å²) in [4.78, 5) is 35.0. The Morgan fingerprint density at radius 1 is 0.974 bits per heavy atom. The molecule has 204 valence electrons. The Bertz CT molecular complexity index is 1220. The summed E-state index contributed by atoms with van der Waals surface area (Å²) < 4.78 is 6.26. The molecule has 2 aliphatic heterocycles. The van der Waals surface area contributed by atoms with Crippen LogP contribution in [0.2, 0.25) is 0 Å². The fourth-order valence-electron chi connectivity index (χ4n) is 5.75. The minimum atomic E-state index is 0.0487. The smallest absolute Gasteiger partial charge is 0.236 e. The summed E-state index contributed by atoms with van der Waals surface area (Å²) in [6.07, 6.45) is 4.87. The highest BCUT2D eigenvalue weighted by Gasteiger charge is 2.33. The van der Waals surface area contributed by atoms with Gasteiger partial charge in [-0.2, -0.15) is 0 Å². The highest BCUT2D eigenvalue weighted by Crippen LogP contribution is 2.31. The molecule has 1 fully saturated rings. The van der Waals surface area contributed by atoms with Crippen molar-refractivity contribution in [2.75, 3.05) is 26.2 Å². The van der Waals surface area contributed by atoms with Crippen LogP contribution in [0.25, 0.3) is 0 Å². The third-order valence-electron chi connectivity index (χ3n) is 7.84. The number of nitrogens with one attached hydrogen (secondary N) is 1. The number of hydrogen-bond acceptors (Lipinski definition) is 5. The molecule has 2 atom stereocenters. The molecule has 2 bridgehead atoms. The van der Waals surface area contributed by atoms with Crippen LogP contribution in [0.3, 0.4) is 0 Å². The van der Waals surface area contributed by atoms with Crippen molar-refractivity contribution in [2.24, 2.45) is 11.8 Å². The Hall–Kier alpha value is -3.71. The maximum Gasteiger partial charge on any atom is 0.236 e. The van der Waals surface area contributed by atoms with Gasteiger partial charge >= 0.3 is 0 Å². The van der Waals surface area contributed by atoms with E-state index in [9.17, 15) is 9.59 Å². The number of rotatable bonds is 6. The highest BCUT2D eigenvalue weighted by atomic mass is 16.5. The fraction of sp³-hybridized carbons (Fsp3) is 0.406. The lowest BCUT2D eigenvalue weighted by Gasteiger charge is -2.39. The number of amides is 2. The number of fused-ring (bicyclic) bond motifs is 3. The van der Waals surface area contributed by atoms with Gasteiger partial charge in [0.05, 0.1) is 25.4 Å². The standard InChI is InChI=1S/C32H38N4O3/c37-31(34-20-29-13-6-7-16-33-29)19-26-15-17-36-23-27(26)12-8-18-39-30-14-5-4-11-28(30)22-35(24-32(36)38)21-25-9-2-1-3-10-25/h1-7,9-11,13-14,16,26-27H,8,12,15,17-24H2,(H,34,37)/t26-,27-/m0/s1. The van der Waals surface area contributed by atoms with Gasteiger partial charge in [0.15, 0.2) is 0 Å². The number of nitrogens with zero attached hydrogens (tertiary/aromatic N) is 3. The van der Waals surface area contributed by atoms with E-state index in [1.807, 2.05) is 59.5 Å². The number of carbonyl (C=O) groups is 2. The molecule has 0 radical (unpaired) electrons. The van der Waals surface area contributed by atoms with Gasteiger partial charge in [-0.3, -0.25) is 19.5 Å². The van der Waals surface area contributed by atoms with E-state index in [1.54, 1.807) is 6.20 Å². The zero-order valence-corrected chi connectivity index (χ0v) is 22.5. The Balaban J connectivity index is 1.28. The van der Waals surface area contributed by atoms with Crippen LogP contribution in [-0.2, 0) is 29.2 Å². The first kappa shape index (κ1) is 26.9. The van der Waals surface area contributed by atoms with E-state index in [0.29, 0.717) is 52.3 Å². The van der Waals surface area contributed by atoms with Crippen molar-refractivity contribution in [1.29, 1.82) is 0 Å². The summed E-state index contributed by atoms with van der Waals surface area (Å²) in [6.45, 7) is 4.14. The van der Waals surface area contributed by atoms with Gasteiger partial charge in [-0.25, -0.2) is 0 Å². The van der Waals surface area contributed by atoms with E-state index < -0.39 is 0 Å². The number of pyridine rings is 1. The number of carbonyl (C=O) groups excluding carboxylic acids is 2. The molecule has 3 heterocycles. The van der Waals surface area contributed by atoms with Gasteiger partial charge in [0.25, 0.3) is 0 Å². The fourth-order valence-corrected chi connectivity index (χ4v) is 5.75. The van der Waals surface area contributed by atoms with Crippen molar-refractivity contribution in [3.63, 3.8) is 0 Å². The van der Waals surface area contributed by atoms with E-state index in [1.165, 1.54) is 5.56 Å². The molecule has 2 amide bonds. The first-order valence-electron chi connectivity index (χ1n) is 14.1. The number of piperidine rings is 1. The molecule has 0 spiro atoms. The van der Waals surface area contributed by atoms with Crippen LogP contribution < -0.4 is 10.1 Å². The third kappa shape index (κ3) is 7.67. The predicted octanol–water partition coefficient (Wildman–Crippen LogP) is 4.43. The molecule has 0 saturated carbocycles. The van der Waals surface area contributed by atoms with Crippen LogP contribution in [0.1, 0.15) is 42.5 Å². The number of hydrogen-bond donors (Lipinski definition) is 1. The summed E-state index contributed by atoms with van der Waals surface area (Å²) >= 11 is 0. The molecule has 2 aromatic carbocycles. The maximum atomic E-state index is 13.6. The van der Waals surface area contributed by atoms with E-state index in [0.717, 1.165) is 36.3 Å². The van der Waals surface area contributed by atoms with E-state index in [2.05, 4.69) is 33.4 Å². The van der Waals surface area contributed by atoms with Crippen LogP contribution in [-0.4, -0.2) is 52.8 Å². The van der Waals surface area contributed by atoms with Crippen molar-refractivity contribution in [2.45, 2.75) is 45.3 Å². The number of ether oxygens (including phenoxy) is 1. The lowest BCUT2D eigenvalue weighted by molar-refractivity contribution is -0.135. The summed E-state index contributed by atoms with van der Waals surface area (Å²) in [5.74, 6) is 1.61. The predicted molar refractivity (Wildman–Crippen MR) is 151 cm³/mol. The van der Waals surface area contributed by atoms with Gasteiger partial charge in [-0.05, 0) is 54.9 Å². The summed E-state index contributed by atoms with van der Waals surface area (Å²) in [6, 6.07) is 24.2. The summed E-state index contributed by atoms with van der Waals surface area (Å²) in [5.41, 5.74) is 3.13. The molecule has 1 saturated heterocycles. The lowest BCUT2D eigenvalue weighted by atomic mass is 9.80. The van der Waals surface area contributed by atoms with E-state index >= 15 is 0 Å². The summed E-state index contributed by atoms with van der Waals surface area (Å²) in [5, 5.41) is 3.03. The van der Waals surface area contributed by atoms with E-state index in [-0.39, 0.29) is 23.7 Å². The molecular weight excluding hydrogens is 488 g/mol. The Morgan fingerprint density at radius 3 is 2.64 bits per heavy atom. The van der Waals surface area contributed by atoms with Crippen molar-refractivity contribution < 1.29 is 14.3 Å². The Morgan fingerprint density at radius 2 is 1.79 bits per heavy atom. The van der Waals surface area contributed by atoms with Gasteiger partial charge in [0, 0.05) is 44.4 Å². The Labute approximate surface area is 231 Å². The first-order valence-corrected chi connectivity index (χ1v) is 14.1. The molecule has 2 aliphatic rings. The SMILES string of the molecule is O=C(C[C@@H]1CCN2C[C@@H]1CCCOc1ccccc1CN(Cc1ccccc1)CC2=O)NCc1ccccn1. The zero-order chi connectivity index (χ0) is 26.9. The summed E-state index contributed by atoms with van der Waals surface area (Å²) in [7, 11) is 0. The average molecular weight is 527 g/mol. The van der Waals surface area contributed by atoms with Crippen molar-refractivity contribution >= 4 is 11.8 Å². The second kappa shape index (κ2) is 13.4. The molecular formula is C32H38N4O3. The number of para-hydroxylation sites is 1. The molecule has 3 aromatic rings. The molecule has 7 heteroatoms. The van der Waals surface area contributed by atoms with Crippen molar-refractivity contribution in [3.05, 3.63) is 95.8 Å². The largest absolute Gasteiger partial charge is 0.493 e. The van der Waals surface area contributed by atoms with Gasteiger partial charge in [-0.1, -0.05) is 54.6 Å². The van der Waals surface area contributed by atoms with Crippen LogP contribution in [0.4, 0.5) is 0 Å². The van der Waals surface area contributed by atoms with Gasteiger partial charge in [0.2, 0.25) is 11.8 Å². The van der Waals surface area contributed by atoms with E-state index in [4.69, 9.17) is 4.74 Å². The number of aromatic nitrogens is 1. The lowest BCUT2D eigenvalue weighted by Crippen LogP contribution is -2.48. The molecule has 39 heavy (non-hydrogen) atoms. The van der Waals surface area contributed by atoms with Crippen LogP contribution >= 0.6 is 0 Å². The quantitative estimate of drug-likeness (QED) is 0.515. The molecule has 1 N–H and O–H groups in total. The normalized spacial score (nSPS) is 20.5. The van der Waals surface area contributed by atoms with Crippen LogP contribution in [0.5, 0.6) is 5.75 Å². The molecule has 1 aromatic heterocycles. The Kier molecular flexibility index (Phi) is 9.22. The minimum Gasteiger partial charge on any atom is -0.493 e. The first-order chi connectivity index (χ1) is 19.1. The third-order valence-corrected chi connectivity index (χ3v) is 7.84. The van der Waals surface area contributed by atoms with Gasteiger partial charge in [-0.15, -0.1) is 0 Å². The number of benzene rings is 2. The van der Waals surface area contributed by atoms with Gasteiger partial charge < -0.3 is 15.0 Å². The second-order valence-electron chi connectivity index (χ2n) is 10.7. The van der Waals surface area contributed by atoms with Crippen molar-refractivity contribution in [1.82, 2.24) is 20.1 Å². The average Bonchev–Trinajstić information content (AvgIpc) is 2.97. The maximum absolute atomic E-state index is 13.6. The minimum absolute atomic E-state index is 0.0487. The van der Waals surface area contributed by atoms with Gasteiger partial charge in [0.1, 0.15) is 5.75 Å². The molecule has 0 unspecified atom stereocenters. The second-order valence-corrected chi connectivity index (χ2v) is 10.7. The van der Waals surface area contributed by atoms with Crippen LogP contribution in [0, 0.1) is 11.8 Å². The van der Waals surface area contributed by atoms with Crippen LogP contribution in [0.15, 0.2) is 79.0 Å². The molecule has 0 aliphatic carbocycles.